The van der Waals surface area contributed by atoms with Gasteiger partial charge < -0.3 is 18.6 Å². The monoisotopic (exact) mass is 748 g/mol. The fourth-order valence-electron chi connectivity index (χ4n) is 8.74. The molecule has 0 amide bonds. The van der Waals surface area contributed by atoms with E-state index in [1.54, 1.807) is 0 Å². The molecule has 0 N–H and O–H groups in total. The summed E-state index contributed by atoms with van der Waals surface area (Å²) in [5, 5.41) is 8.93. The SMILES string of the molecule is Cc1ccc(N(c2ccc(C)cc2)c2cc3oc4cc5oc6cc(N(c7ccc(C)cc7)c7ccc(C)cc7)c7ccccc7c6c5cc4c3c3ccccc23)cc1. The lowest BCUT2D eigenvalue weighted by Crippen LogP contribution is -2.10. The number of nitrogens with zero attached hydrogens (tertiary/aromatic N) is 2. The molecule has 0 aliphatic rings. The van der Waals surface area contributed by atoms with Gasteiger partial charge in [0, 0.05) is 73.3 Å². The average molecular weight is 749 g/mol. The zero-order valence-corrected chi connectivity index (χ0v) is 32.9. The first kappa shape index (κ1) is 34.0. The quantitative estimate of drug-likeness (QED) is 0.170. The van der Waals surface area contributed by atoms with Gasteiger partial charge in [-0.25, -0.2) is 0 Å². The van der Waals surface area contributed by atoms with Crippen molar-refractivity contribution in [1.82, 2.24) is 0 Å². The minimum Gasteiger partial charge on any atom is -0.456 e. The molecule has 58 heavy (non-hydrogen) atoms. The van der Waals surface area contributed by atoms with E-state index in [0.29, 0.717) is 0 Å². The Balaban J connectivity index is 1.15. The van der Waals surface area contributed by atoms with E-state index < -0.39 is 0 Å². The molecule has 0 saturated carbocycles. The minimum atomic E-state index is 0.798. The van der Waals surface area contributed by atoms with Crippen molar-refractivity contribution in [2.45, 2.75) is 27.7 Å². The van der Waals surface area contributed by atoms with E-state index in [2.05, 4.69) is 207 Å². The van der Waals surface area contributed by atoms with Crippen molar-refractivity contribution in [3.63, 3.8) is 0 Å². The van der Waals surface area contributed by atoms with Crippen LogP contribution < -0.4 is 9.80 Å². The third kappa shape index (κ3) is 5.44. The van der Waals surface area contributed by atoms with Crippen LogP contribution in [0.3, 0.4) is 0 Å². The Bertz CT molecular complexity index is 3040. The van der Waals surface area contributed by atoms with Gasteiger partial charge in [-0.05, 0) is 93.1 Å². The van der Waals surface area contributed by atoms with E-state index in [1.807, 2.05) is 0 Å². The van der Waals surface area contributed by atoms with Crippen molar-refractivity contribution in [3.05, 3.63) is 192 Å². The van der Waals surface area contributed by atoms with Gasteiger partial charge in [0.15, 0.2) is 0 Å². The molecule has 0 bridgehead atoms. The van der Waals surface area contributed by atoms with Gasteiger partial charge >= 0.3 is 0 Å². The Kier molecular flexibility index (Phi) is 7.70. The van der Waals surface area contributed by atoms with E-state index >= 15 is 0 Å². The van der Waals surface area contributed by atoms with Gasteiger partial charge in [-0.1, -0.05) is 119 Å². The Labute approximate surface area is 336 Å². The van der Waals surface area contributed by atoms with Crippen LogP contribution in [0.5, 0.6) is 0 Å². The summed E-state index contributed by atoms with van der Waals surface area (Å²) in [5.41, 5.74) is 14.7. The third-order valence-corrected chi connectivity index (χ3v) is 11.7. The molecule has 0 spiro atoms. The molecule has 0 unspecified atom stereocenters. The summed E-state index contributed by atoms with van der Waals surface area (Å²) in [6.07, 6.45) is 0. The Morgan fingerprint density at radius 1 is 0.293 bits per heavy atom. The molecule has 4 nitrogen and oxygen atoms in total. The van der Waals surface area contributed by atoms with Crippen molar-refractivity contribution in [1.29, 1.82) is 0 Å². The second kappa shape index (κ2) is 13.1. The van der Waals surface area contributed by atoms with E-state index in [1.165, 1.54) is 22.3 Å². The highest BCUT2D eigenvalue weighted by Crippen LogP contribution is 2.48. The molecule has 11 rings (SSSR count). The molecule has 2 aromatic heterocycles. The van der Waals surface area contributed by atoms with Crippen LogP contribution >= 0.6 is 0 Å². The van der Waals surface area contributed by atoms with Crippen LogP contribution in [0.4, 0.5) is 34.1 Å². The van der Waals surface area contributed by atoms with Gasteiger partial charge in [0.05, 0.1) is 11.4 Å². The highest BCUT2D eigenvalue weighted by molar-refractivity contribution is 6.28. The molecule has 0 aliphatic heterocycles. The number of furan rings is 2. The predicted octanol–water partition coefficient (Wildman–Crippen LogP) is 16.0. The van der Waals surface area contributed by atoms with E-state index in [4.69, 9.17) is 8.83 Å². The first-order valence-corrected chi connectivity index (χ1v) is 19.9. The summed E-state index contributed by atoms with van der Waals surface area (Å²) in [5.74, 6) is 0. The molecule has 0 saturated heterocycles. The standard InChI is InChI=1S/C54H40N2O2/c1-33-13-21-37(22-14-33)55(38-23-15-34(2)16-24-38)47-30-51-53(43-11-7-5-9-41(43)47)45-29-46-50(32-49(45)57-51)58-52-31-48(42-10-6-8-12-44(42)54(46)52)56(39-25-17-35(3)18-26-39)40-27-19-36(4)20-28-40/h5-32H,1-4H3. The van der Waals surface area contributed by atoms with E-state index in [0.717, 1.165) is 99.5 Å². The Morgan fingerprint density at radius 3 is 0.931 bits per heavy atom. The first-order valence-electron chi connectivity index (χ1n) is 19.9. The topological polar surface area (TPSA) is 32.8 Å². The maximum Gasteiger partial charge on any atom is 0.139 e. The number of hydrogen-bond acceptors (Lipinski definition) is 4. The molecule has 4 heteroatoms. The molecule has 2 heterocycles. The fourth-order valence-corrected chi connectivity index (χ4v) is 8.74. The van der Waals surface area contributed by atoms with Gasteiger partial charge in [-0.15, -0.1) is 0 Å². The number of fused-ring (bicyclic) bond motifs is 10. The average Bonchev–Trinajstić information content (AvgIpc) is 3.80. The summed E-state index contributed by atoms with van der Waals surface area (Å²) in [7, 11) is 0. The number of anilines is 6. The van der Waals surface area contributed by atoms with Crippen LogP contribution in [0.2, 0.25) is 0 Å². The van der Waals surface area contributed by atoms with Crippen LogP contribution in [-0.2, 0) is 0 Å². The molecular weight excluding hydrogens is 709 g/mol. The molecule has 0 fully saturated rings. The maximum atomic E-state index is 6.85. The lowest BCUT2D eigenvalue weighted by molar-refractivity contribution is 0.656. The molecule has 0 aliphatic carbocycles. The lowest BCUT2D eigenvalue weighted by Gasteiger charge is -2.27. The summed E-state index contributed by atoms with van der Waals surface area (Å²) in [4.78, 5) is 4.68. The van der Waals surface area contributed by atoms with Crippen LogP contribution in [0.15, 0.2) is 179 Å². The Morgan fingerprint density at radius 2 is 0.603 bits per heavy atom. The zero-order valence-electron chi connectivity index (χ0n) is 32.9. The highest BCUT2D eigenvalue weighted by Gasteiger charge is 2.24. The fraction of sp³-hybridized carbons (Fsp3) is 0.0741. The Hall–Kier alpha value is -7.30. The summed E-state index contributed by atoms with van der Waals surface area (Å²) >= 11 is 0. The predicted molar refractivity (Wildman–Crippen MR) is 244 cm³/mol. The number of benzene rings is 9. The van der Waals surface area contributed by atoms with Gasteiger partial charge in [0.25, 0.3) is 0 Å². The minimum absolute atomic E-state index is 0.798. The second-order valence-electron chi connectivity index (χ2n) is 15.7. The van der Waals surface area contributed by atoms with Crippen molar-refractivity contribution >= 4 is 99.5 Å². The smallest absolute Gasteiger partial charge is 0.139 e. The molecule has 278 valence electrons. The summed E-state index contributed by atoms with van der Waals surface area (Å²) < 4.78 is 13.7. The number of hydrogen-bond donors (Lipinski definition) is 0. The van der Waals surface area contributed by atoms with Crippen molar-refractivity contribution in [2.24, 2.45) is 0 Å². The molecule has 11 aromatic rings. The molecule has 0 atom stereocenters. The van der Waals surface area contributed by atoms with Gasteiger partial charge in [0.1, 0.15) is 22.3 Å². The zero-order chi connectivity index (χ0) is 39.1. The van der Waals surface area contributed by atoms with Gasteiger partial charge in [0.2, 0.25) is 0 Å². The number of rotatable bonds is 6. The second-order valence-corrected chi connectivity index (χ2v) is 15.7. The van der Waals surface area contributed by atoms with Gasteiger partial charge in [-0.3, -0.25) is 0 Å². The third-order valence-electron chi connectivity index (χ3n) is 11.7. The normalized spacial score (nSPS) is 11.8. The van der Waals surface area contributed by atoms with Crippen LogP contribution in [0.25, 0.3) is 65.4 Å². The van der Waals surface area contributed by atoms with Crippen LogP contribution in [-0.4, -0.2) is 0 Å². The molecule has 0 radical (unpaired) electrons. The lowest BCUT2D eigenvalue weighted by atomic mass is 9.98. The van der Waals surface area contributed by atoms with Crippen LogP contribution in [0, 0.1) is 27.7 Å². The number of aryl methyl sites for hydroxylation is 4. The van der Waals surface area contributed by atoms with Gasteiger partial charge in [-0.2, -0.15) is 0 Å². The maximum absolute atomic E-state index is 6.85. The van der Waals surface area contributed by atoms with Crippen molar-refractivity contribution in [3.8, 4) is 0 Å². The highest BCUT2D eigenvalue weighted by atomic mass is 16.3. The van der Waals surface area contributed by atoms with E-state index in [9.17, 15) is 0 Å². The van der Waals surface area contributed by atoms with E-state index in [-0.39, 0.29) is 0 Å². The first-order chi connectivity index (χ1) is 28.4. The summed E-state index contributed by atoms with van der Waals surface area (Å²) in [6.45, 7) is 8.51. The van der Waals surface area contributed by atoms with Crippen molar-refractivity contribution in [2.75, 3.05) is 9.80 Å². The van der Waals surface area contributed by atoms with Crippen LogP contribution in [0.1, 0.15) is 22.3 Å². The molecular formula is C54H40N2O2. The molecule has 9 aromatic carbocycles. The largest absolute Gasteiger partial charge is 0.456 e. The summed E-state index contributed by atoms with van der Waals surface area (Å²) in [6, 6.07) is 61.2. The van der Waals surface area contributed by atoms with Crippen molar-refractivity contribution < 1.29 is 8.83 Å².